The summed E-state index contributed by atoms with van der Waals surface area (Å²) in [7, 11) is 0. The van der Waals surface area contributed by atoms with Crippen LogP contribution in [-0.4, -0.2) is 11.6 Å². The first-order valence-electron chi connectivity index (χ1n) is 5.13. The minimum atomic E-state index is 0.694. The minimum absolute atomic E-state index is 0.694. The molecule has 0 aliphatic rings. The Morgan fingerprint density at radius 2 is 2.00 bits per heavy atom. The third-order valence-electron chi connectivity index (χ3n) is 2.28. The summed E-state index contributed by atoms with van der Waals surface area (Å²) >= 11 is 6.73. The lowest BCUT2D eigenvalue weighted by molar-refractivity contribution is 0.340. The van der Waals surface area contributed by atoms with E-state index in [4.69, 9.17) is 17.0 Å². The van der Waals surface area contributed by atoms with Gasteiger partial charge in [-0.15, -0.1) is 11.3 Å². The van der Waals surface area contributed by atoms with E-state index in [9.17, 15) is 0 Å². The molecule has 1 aromatic carbocycles. The molecule has 0 spiro atoms. The Morgan fingerprint density at radius 1 is 1.31 bits per heavy atom. The molecule has 0 saturated carbocycles. The van der Waals surface area contributed by atoms with Crippen molar-refractivity contribution in [2.24, 2.45) is 0 Å². The number of benzene rings is 1. The summed E-state index contributed by atoms with van der Waals surface area (Å²) in [5.74, 6) is 0.901. The Bertz CT molecular complexity index is 525. The van der Waals surface area contributed by atoms with Gasteiger partial charge in [0.05, 0.1) is 12.3 Å². The van der Waals surface area contributed by atoms with Gasteiger partial charge in [0, 0.05) is 4.88 Å². The summed E-state index contributed by atoms with van der Waals surface area (Å²) in [5.41, 5.74) is 2.26. The molecule has 84 valence electrons. The number of nitrogens with one attached hydrogen (secondary N) is 1. The molecule has 0 bridgehead atoms. The van der Waals surface area contributed by atoms with Gasteiger partial charge in [0.15, 0.2) is 3.95 Å². The number of ether oxygens (including phenoxy) is 1. The Balaban J connectivity index is 2.34. The Hall–Kier alpha value is -1.13. The van der Waals surface area contributed by atoms with E-state index < -0.39 is 0 Å². The maximum Gasteiger partial charge on any atom is 0.159 e. The molecule has 16 heavy (non-hydrogen) atoms. The lowest BCUT2D eigenvalue weighted by Gasteiger charge is -2.04. The molecule has 0 amide bonds. The fraction of sp³-hybridized carbons (Fsp3) is 0.250. The van der Waals surface area contributed by atoms with E-state index in [1.165, 1.54) is 4.88 Å². The van der Waals surface area contributed by atoms with Crippen molar-refractivity contribution in [1.82, 2.24) is 4.98 Å². The van der Waals surface area contributed by atoms with Gasteiger partial charge in [-0.2, -0.15) is 0 Å². The van der Waals surface area contributed by atoms with Crippen LogP contribution in [0.5, 0.6) is 5.75 Å². The van der Waals surface area contributed by atoms with Crippen LogP contribution in [0.4, 0.5) is 0 Å². The lowest BCUT2D eigenvalue weighted by Crippen LogP contribution is -1.90. The predicted octanol–water partition coefficient (Wildman–Crippen LogP) is 4.18. The second kappa shape index (κ2) is 4.80. The van der Waals surface area contributed by atoms with E-state index in [-0.39, 0.29) is 0 Å². The van der Waals surface area contributed by atoms with E-state index in [2.05, 4.69) is 11.9 Å². The van der Waals surface area contributed by atoms with Crippen LogP contribution in [0.25, 0.3) is 11.3 Å². The molecule has 0 saturated heterocycles. The highest BCUT2D eigenvalue weighted by Crippen LogP contribution is 2.27. The van der Waals surface area contributed by atoms with Crippen molar-refractivity contribution >= 4 is 23.6 Å². The normalized spacial score (nSPS) is 10.4. The average molecular weight is 251 g/mol. The summed E-state index contributed by atoms with van der Waals surface area (Å²) < 4.78 is 6.22. The molecule has 0 fully saturated rings. The largest absolute Gasteiger partial charge is 0.494 e. The van der Waals surface area contributed by atoms with Crippen molar-refractivity contribution < 1.29 is 4.74 Å². The fourth-order valence-electron chi connectivity index (χ4n) is 1.57. The zero-order chi connectivity index (χ0) is 11.5. The second-order valence-corrected chi connectivity index (χ2v) is 5.29. The number of aryl methyl sites for hydroxylation is 1. The highest BCUT2D eigenvalue weighted by atomic mass is 32.1. The van der Waals surface area contributed by atoms with Crippen molar-refractivity contribution in [3.63, 3.8) is 0 Å². The van der Waals surface area contributed by atoms with Crippen LogP contribution < -0.4 is 4.74 Å². The molecule has 2 aromatic rings. The molecule has 1 aromatic heterocycles. The first-order valence-corrected chi connectivity index (χ1v) is 6.36. The molecule has 0 radical (unpaired) electrons. The number of rotatable bonds is 3. The van der Waals surface area contributed by atoms with Gasteiger partial charge >= 0.3 is 0 Å². The highest BCUT2D eigenvalue weighted by Gasteiger charge is 2.04. The van der Waals surface area contributed by atoms with Crippen molar-refractivity contribution in [1.29, 1.82) is 0 Å². The van der Waals surface area contributed by atoms with Crippen molar-refractivity contribution in [3.05, 3.63) is 33.1 Å². The van der Waals surface area contributed by atoms with E-state index in [0.717, 1.165) is 21.0 Å². The molecule has 1 N–H and O–H groups in total. The molecule has 0 aliphatic carbocycles. The van der Waals surface area contributed by atoms with Crippen LogP contribution >= 0.6 is 23.6 Å². The molecule has 2 rings (SSSR count). The SMILES string of the molecule is CCOc1ccc(-c2[nH]c(=S)sc2C)cc1. The van der Waals surface area contributed by atoms with Crippen molar-refractivity contribution in [2.75, 3.05) is 6.61 Å². The maximum absolute atomic E-state index is 5.40. The molecule has 0 aliphatic heterocycles. The van der Waals surface area contributed by atoms with E-state index in [0.29, 0.717) is 6.61 Å². The second-order valence-electron chi connectivity index (χ2n) is 3.40. The van der Waals surface area contributed by atoms with Gasteiger partial charge in [-0.1, -0.05) is 0 Å². The number of aromatic nitrogens is 1. The topological polar surface area (TPSA) is 25.0 Å². The van der Waals surface area contributed by atoms with Crippen molar-refractivity contribution in [3.8, 4) is 17.0 Å². The Kier molecular flexibility index (Phi) is 3.41. The van der Waals surface area contributed by atoms with Gasteiger partial charge in [0.2, 0.25) is 0 Å². The minimum Gasteiger partial charge on any atom is -0.494 e. The molecular formula is C12H13NOS2. The van der Waals surface area contributed by atoms with E-state index in [1.54, 1.807) is 11.3 Å². The summed E-state index contributed by atoms with van der Waals surface area (Å²) in [4.78, 5) is 4.42. The van der Waals surface area contributed by atoms with Gasteiger partial charge in [-0.3, -0.25) is 0 Å². The first kappa shape index (κ1) is 11.4. The fourth-order valence-corrected chi connectivity index (χ4v) is 2.74. The smallest absolute Gasteiger partial charge is 0.159 e. The third-order valence-corrected chi connectivity index (χ3v) is 3.43. The van der Waals surface area contributed by atoms with Crippen molar-refractivity contribution in [2.45, 2.75) is 13.8 Å². The number of hydrogen-bond donors (Lipinski definition) is 1. The van der Waals surface area contributed by atoms with Crippen LogP contribution in [-0.2, 0) is 0 Å². The summed E-state index contributed by atoms with van der Waals surface area (Å²) in [6, 6.07) is 8.05. The Morgan fingerprint density at radius 3 is 2.50 bits per heavy atom. The average Bonchev–Trinajstić information content (AvgIpc) is 2.59. The van der Waals surface area contributed by atoms with Crippen LogP contribution in [0.15, 0.2) is 24.3 Å². The summed E-state index contributed by atoms with van der Waals surface area (Å²) in [5, 5.41) is 0. The zero-order valence-electron chi connectivity index (χ0n) is 9.24. The molecule has 0 atom stereocenters. The summed E-state index contributed by atoms with van der Waals surface area (Å²) in [6.07, 6.45) is 0. The molecule has 1 heterocycles. The highest BCUT2D eigenvalue weighted by molar-refractivity contribution is 7.73. The zero-order valence-corrected chi connectivity index (χ0v) is 10.9. The molecule has 0 unspecified atom stereocenters. The maximum atomic E-state index is 5.40. The van der Waals surface area contributed by atoms with Crippen LogP contribution in [0.2, 0.25) is 0 Å². The number of thiazole rings is 1. The monoisotopic (exact) mass is 251 g/mol. The molecular weight excluding hydrogens is 238 g/mol. The number of H-pyrrole nitrogens is 1. The Labute approximate surface area is 104 Å². The predicted molar refractivity (Wildman–Crippen MR) is 70.8 cm³/mol. The van der Waals surface area contributed by atoms with Gasteiger partial charge < -0.3 is 9.72 Å². The summed E-state index contributed by atoms with van der Waals surface area (Å²) in [6.45, 7) is 4.75. The van der Waals surface area contributed by atoms with Gasteiger partial charge in [-0.25, -0.2) is 0 Å². The standard InChI is InChI=1S/C12H13NOS2/c1-3-14-10-6-4-9(5-7-10)11-8(2)16-12(15)13-11/h4-7H,3H2,1-2H3,(H,13,15). The van der Waals surface area contributed by atoms with E-state index in [1.807, 2.05) is 31.2 Å². The first-order chi connectivity index (χ1) is 7.70. The quantitative estimate of drug-likeness (QED) is 0.828. The van der Waals surface area contributed by atoms with Crippen LogP contribution in [0.3, 0.4) is 0 Å². The van der Waals surface area contributed by atoms with Gasteiger partial charge in [0.25, 0.3) is 0 Å². The van der Waals surface area contributed by atoms with Gasteiger partial charge in [0.1, 0.15) is 5.75 Å². The van der Waals surface area contributed by atoms with E-state index >= 15 is 0 Å². The third kappa shape index (κ3) is 2.33. The van der Waals surface area contributed by atoms with Crippen LogP contribution in [0, 0.1) is 10.9 Å². The number of hydrogen-bond acceptors (Lipinski definition) is 3. The molecule has 2 nitrogen and oxygen atoms in total. The van der Waals surface area contributed by atoms with Gasteiger partial charge in [-0.05, 0) is 55.9 Å². The molecule has 4 heteroatoms. The van der Waals surface area contributed by atoms with Crippen LogP contribution in [0.1, 0.15) is 11.8 Å². The number of aromatic amines is 1. The lowest BCUT2D eigenvalue weighted by atomic mass is 10.1.